The summed E-state index contributed by atoms with van der Waals surface area (Å²) in [4.78, 5) is 27.9. The van der Waals surface area contributed by atoms with Crippen LogP contribution in [0.2, 0.25) is 0 Å². The maximum Gasteiger partial charge on any atom is 0.242 e. The first-order valence-electron chi connectivity index (χ1n) is 12.5. The first-order valence-corrected chi connectivity index (χ1v) is 14.4. The van der Waals surface area contributed by atoms with Crippen LogP contribution in [0.5, 0.6) is 0 Å². The van der Waals surface area contributed by atoms with Crippen LogP contribution in [0, 0.1) is 5.82 Å². The van der Waals surface area contributed by atoms with Gasteiger partial charge in [0.2, 0.25) is 21.8 Å². The Morgan fingerprint density at radius 2 is 1.67 bits per heavy atom. The molecule has 0 bridgehead atoms. The fraction of sp³-hybridized carbons (Fsp3) is 0.481. The van der Waals surface area contributed by atoms with E-state index >= 15 is 0 Å². The topological polar surface area (TPSA) is 86.8 Å². The van der Waals surface area contributed by atoms with E-state index < -0.39 is 21.9 Å². The summed E-state index contributed by atoms with van der Waals surface area (Å²) in [7, 11) is -3.62. The Balaban J connectivity index is 1.68. The Labute approximate surface area is 213 Å². The van der Waals surface area contributed by atoms with Gasteiger partial charge in [-0.3, -0.25) is 13.9 Å². The van der Waals surface area contributed by atoms with E-state index in [2.05, 4.69) is 5.32 Å². The van der Waals surface area contributed by atoms with Crippen LogP contribution < -0.4 is 9.62 Å². The lowest BCUT2D eigenvalue weighted by Crippen LogP contribution is -2.50. The predicted octanol–water partition coefficient (Wildman–Crippen LogP) is 4.24. The van der Waals surface area contributed by atoms with Crippen LogP contribution in [0.15, 0.2) is 54.6 Å². The van der Waals surface area contributed by atoms with Crippen molar-refractivity contribution in [1.29, 1.82) is 0 Å². The van der Waals surface area contributed by atoms with Gasteiger partial charge in [-0.05, 0) is 56.0 Å². The van der Waals surface area contributed by atoms with Gasteiger partial charge in [0.15, 0.2) is 0 Å². The number of nitrogens with one attached hydrogen (secondary N) is 1. The average molecular weight is 518 g/mol. The molecular formula is C27H36FN3O4S. The van der Waals surface area contributed by atoms with Gasteiger partial charge < -0.3 is 10.2 Å². The minimum absolute atomic E-state index is 0.0675. The molecule has 2 amide bonds. The van der Waals surface area contributed by atoms with E-state index in [-0.39, 0.29) is 43.8 Å². The second kappa shape index (κ2) is 12.9. The molecule has 2 aromatic carbocycles. The standard InChI is InChI=1S/C27H36FN3O4S/c1-21(27(33)29-24-12-7-4-8-13-24)30(20-22-10-5-3-6-11-22)26(32)14-9-19-31(36(2,34)35)25-17-15-23(28)16-18-25/h3,5-6,10-11,15-18,21,24H,4,7-9,12-14,19-20H2,1-2H3,(H,29,33)/t21-/m0/s1. The molecule has 0 radical (unpaired) electrons. The molecule has 1 N–H and O–H groups in total. The van der Waals surface area contributed by atoms with E-state index in [0.717, 1.165) is 37.5 Å². The number of nitrogens with zero attached hydrogens (tertiary/aromatic N) is 2. The first-order chi connectivity index (χ1) is 17.1. The van der Waals surface area contributed by atoms with Crippen LogP contribution in [0.3, 0.4) is 0 Å². The Morgan fingerprint density at radius 1 is 1.03 bits per heavy atom. The van der Waals surface area contributed by atoms with E-state index in [1.165, 1.54) is 35.0 Å². The smallest absolute Gasteiger partial charge is 0.242 e. The molecule has 196 valence electrons. The van der Waals surface area contributed by atoms with Crippen LogP contribution in [0.1, 0.15) is 57.4 Å². The minimum atomic E-state index is -3.62. The molecule has 1 aliphatic rings. The Morgan fingerprint density at radius 3 is 2.28 bits per heavy atom. The number of benzene rings is 2. The summed E-state index contributed by atoms with van der Waals surface area (Å²) >= 11 is 0. The summed E-state index contributed by atoms with van der Waals surface area (Å²) in [6.07, 6.45) is 6.69. The van der Waals surface area contributed by atoms with E-state index in [1.807, 2.05) is 30.3 Å². The summed E-state index contributed by atoms with van der Waals surface area (Å²) in [5.41, 5.74) is 1.25. The molecule has 1 saturated carbocycles. The van der Waals surface area contributed by atoms with Gasteiger partial charge in [-0.2, -0.15) is 0 Å². The lowest BCUT2D eigenvalue weighted by molar-refractivity contribution is -0.141. The quantitative estimate of drug-likeness (QED) is 0.483. The fourth-order valence-corrected chi connectivity index (χ4v) is 5.51. The number of carbonyl (C=O) groups is 2. The summed E-state index contributed by atoms with van der Waals surface area (Å²) in [6.45, 7) is 2.09. The van der Waals surface area contributed by atoms with Crippen LogP contribution in [-0.2, 0) is 26.2 Å². The van der Waals surface area contributed by atoms with Crippen molar-refractivity contribution in [2.24, 2.45) is 0 Å². The number of sulfonamides is 1. The summed E-state index contributed by atoms with van der Waals surface area (Å²) in [5.74, 6) is -0.854. The molecule has 2 aromatic rings. The van der Waals surface area contributed by atoms with E-state index in [9.17, 15) is 22.4 Å². The van der Waals surface area contributed by atoms with Crippen molar-refractivity contribution >= 4 is 27.5 Å². The molecule has 0 spiro atoms. The van der Waals surface area contributed by atoms with E-state index in [4.69, 9.17) is 0 Å². The lowest BCUT2D eigenvalue weighted by Gasteiger charge is -2.31. The van der Waals surface area contributed by atoms with Gasteiger partial charge in [0.05, 0.1) is 11.9 Å². The third-order valence-electron chi connectivity index (χ3n) is 6.58. The molecule has 1 fully saturated rings. The molecule has 3 rings (SSSR count). The van der Waals surface area contributed by atoms with Crippen molar-refractivity contribution in [3.05, 3.63) is 66.0 Å². The third kappa shape index (κ3) is 8.05. The summed E-state index contributed by atoms with van der Waals surface area (Å²) in [5, 5.41) is 3.11. The third-order valence-corrected chi connectivity index (χ3v) is 7.78. The van der Waals surface area contributed by atoms with Crippen molar-refractivity contribution in [2.45, 2.75) is 70.5 Å². The van der Waals surface area contributed by atoms with Gasteiger partial charge in [-0.1, -0.05) is 49.6 Å². The second-order valence-corrected chi connectivity index (χ2v) is 11.3. The highest BCUT2D eigenvalue weighted by atomic mass is 32.2. The number of hydrogen-bond acceptors (Lipinski definition) is 4. The molecule has 0 heterocycles. The maximum atomic E-state index is 13.3. The molecule has 1 atom stereocenters. The fourth-order valence-electron chi connectivity index (χ4n) is 4.54. The van der Waals surface area contributed by atoms with Crippen molar-refractivity contribution in [3.8, 4) is 0 Å². The Bertz CT molecular complexity index is 1100. The van der Waals surface area contributed by atoms with Gasteiger partial charge in [-0.25, -0.2) is 12.8 Å². The Kier molecular flexibility index (Phi) is 9.87. The van der Waals surface area contributed by atoms with E-state index in [0.29, 0.717) is 5.69 Å². The minimum Gasteiger partial charge on any atom is -0.352 e. The average Bonchev–Trinajstić information content (AvgIpc) is 2.86. The van der Waals surface area contributed by atoms with Crippen molar-refractivity contribution < 1.29 is 22.4 Å². The van der Waals surface area contributed by atoms with Gasteiger partial charge >= 0.3 is 0 Å². The number of halogens is 1. The zero-order valence-corrected chi connectivity index (χ0v) is 21.8. The number of carbonyl (C=O) groups excluding carboxylic acids is 2. The largest absolute Gasteiger partial charge is 0.352 e. The monoisotopic (exact) mass is 517 g/mol. The number of rotatable bonds is 11. The molecule has 0 unspecified atom stereocenters. The van der Waals surface area contributed by atoms with Gasteiger partial charge in [0, 0.05) is 25.6 Å². The number of amides is 2. The number of hydrogen-bond donors (Lipinski definition) is 1. The highest BCUT2D eigenvalue weighted by Crippen LogP contribution is 2.21. The van der Waals surface area contributed by atoms with E-state index in [1.54, 1.807) is 11.8 Å². The molecule has 1 aliphatic carbocycles. The van der Waals surface area contributed by atoms with Gasteiger partial charge in [-0.15, -0.1) is 0 Å². The maximum absolute atomic E-state index is 13.3. The first kappa shape index (κ1) is 27.6. The summed E-state index contributed by atoms with van der Waals surface area (Å²) < 4.78 is 39.2. The number of anilines is 1. The van der Waals surface area contributed by atoms with Crippen LogP contribution in [-0.4, -0.2) is 50.0 Å². The molecule has 36 heavy (non-hydrogen) atoms. The molecule has 7 nitrogen and oxygen atoms in total. The zero-order chi connectivity index (χ0) is 26.1. The molecule has 0 aromatic heterocycles. The summed E-state index contributed by atoms with van der Waals surface area (Å²) in [6, 6.07) is 14.2. The normalized spacial score (nSPS) is 15.2. The van der Waals surface area contributed by atoms with Crippen molar-refractivity contribution in [1.82, 2.24) is 10.2 Å². The van der Waals surface area contributed by atoms with Crippen molar-refractivity contribution in [2.75, 3.05) is 17.1 Å². The predicted molar refractivity (Wildman–Crippen MR) is 139 cm³/mol. The van der Waals surface area contributed by atoms with Gasteiger partial charge in [0.1, 0.15) is 11.9 Å². The SMILES string of the molecule is C[C@@H](C(=O)NC1CCCCC1)N(Cc1ccccc1)C(=O)CCCN(c1ccc(F)cc1)S(C)(=O)=O. The van der Waals surface area contributed by atoms with Crippen LogP contribution in [0.4, 0.5) is 10.1 Å². The molecule has 0 saturated heterocycles. The van der Waals surface area contributed by atoms with Crippen LogP contribution in [0.25, 0.3) is 0 Å². The molecule has 9 heteroatoms. The highest BCUT2D eigenvalue weighted by Gasteiger charge is 2.28. The Hall–Kier alpha value is -2.94. The van der Waals surface area contributed by atoms with Gasteiger partial charge in [0.25, 0.3) is 0 Å². The second-order valence-electron chi connectivity index (χ2n) is 9.44. The van der Waals surface area contributed by atoms with Crippen molar-refractivity contribution in [3.63, 3.8) is 0 Å². The van der Waals surface area contributed by atoms with Crippen LogP contribution >= 0.6 is 0 Å². The zero-order valence-electron chi connectivity index (χ0n) is 21.0. The molecular weight excluding hydrogens is 481 g/mol. The highest BCUT2D eigenvalue weighted by molar-refractivity contribution is 7.92. The molecule has 0 aliphatic heterocycles. The lowest BCUT2D eigenvalue weighted by atomic mass is 9.95.